The first-order chi connectivity index (χ1) is 15.7. The van der Waals surface area contributed by atoms with Gasteiger partial charge in [0.2, 0.25) is 5.91 Å². The number of para-hydroxylation sites is 2. The van der Waals surface area contributed by atoms with Gasteiger partial charge in [-0.1, -0.05) is 66.7 Å². The number of hydrogen-bond donors (Lipinski definition) is 2. The SMILES string of the molecule is O=C(NN(Cc1ccccc1)c1ccccc1)C1CCN(C(=O)Nc2ccccc2)CC1. The number of amides is 3. The van der Waals surface area contributed by atoms with E-state index < -0.39 is 0 Å². The van der Waals surface area contributed by atoms with Crippen LogP contribution < -0.4 is 15.8 Å². The highest BCUT2D eigenvalue weighted by molar-refractivity contribution is 5.89. The van der Waals surface area contributed by atoms with Crippen LogP contribution >= 0.6 is 0 Å². The molecule has 3 aromatic rings. The van der Waals surface area contributed by atoms with E-state index in [4.69, 9.17) is 0 Å². The highest BCUT2D eigenvalue weighted by Gasteiger charge is 2.28. The number of rotatable bonds is 6. The number of carbonyl (C=O) groups is 2. The minimum atomic E-state index is -0.127. The lowest BCUT2D eigenvalue weighted by atomic mass is 9.96. The fourth-order valence-electron chi connectivity index (χ4n) is 3.86. The van der Waals surface area contributed by atoms with Gasteiger partial charge in [-0.3, -0.25) is 15.2 Å². The van der Waals surface area contributed by atoms with Crippen LogP contribution in [0.25, 0.3) is 0 Å². The first-order valence-electron chi connectivity index (χ1n) is 11.0. The molecule has 164 valence electrons. The summed E-state index contributed by atoms with van der Waals surface area (Å²) in [4.78, 5) is 27.4. The molecule has 1 saturated heterocycles. The Kier molecular flexibility index (Phi) is 7.02. The van der Waals surface area contributed by atoms with Crippen LogP contribution in [0.2, 0.25) is 0 Å². The lowest BCUT2D eigenvalue weighted by Crippen LogP contribution is -2.49. The fourth-order valence-corrected chi connectivity index (χ4v) is 3.86. The average molecular weight is 429 g/mol. The first-order valence-corrected chi connectivity index (χ1v) is 11.0. The minimum Gasteiger partial charge on any atom is -0.324 e. The topological polar surface area (TPSA) is 64.7 Å². The van der Waals surface area contributed by atoms with Crippen molar-refractivity contribution in [2.24, 2.45) is 5.92 Å². The number of urea groups is 1. The van der Waals surface area contributed by atoms with Crippen molar-refractivity contribution in [3.63, 3.8) is 0 Å². The zero-order valence-electron chi connectivity index (χ0n) is 18.0. The molecular formula is C26H28N4O2. The van der Waals surface area contributed by atoms with Crippen molar-refractivity contribution < 1.29 is 9.59 Å². The summed E-state index contributed by atoms with van der Waals surface area (Å²) >= 11 is 0. The third kappa shape index (κ3) is 5.66. The predicted molar refractivity (Wildman–Crippen MR) is 127 cm³/mol. The van der Waals surface area contributed by atoms with Crippen molar-refractivity contribution in [2.75, 3.05) is 23.4 Å². The van der Waals surface area contributed by atoms with Gasteiger partial charge < -0.3 is 10.2 Å². The van der Waals surface area contributed by atoms with Gasteiger partial charge in [0.1, 0.15) is 0 Å². The second-order valence-electron chi connectivity index (χ2n) is 7.94. The lowest BCUT2D eigenvalue weighted by molar-refractivity contribution is -0.126. The molecule has 0 unspecified atom stereocenters. The molecule has 0 radical (unpaired) electrons. The van der Waals surface area contributed by atoms with E-state index in [1.165, 1.54) is 0 Å². The van der Waals surface area contributed by atoms with Crippen molar-refractivity contribution in [3.05, 3.63) is 96.6 Å². The molecule has 4 rings (SSSR count). The Morgan fingerprint density at radius 2 is 1.38 bits per heavy atom. The summed E-state index contributed by atoms with van der Waals surface area (Å²) in [6.07, 6.45) is 1.28. The Balaban J connectivity index is 1.34. The number of benzene rings is 3. The molecule has 0 atom stereocenters. The van der Waals surface area contributed by atoms with Crippen molar-refractivity contribution in [2.45, 2.75) is 19.4 Å². The molecule has 1 fully saturated rings. The smallest absolute Gasteiger partial charge is 0.321 e. The summed E-state index contributed by atoms with van der Waals surface area (Å²) < 4.78 is 0. The molecule has 32 heavy (non-hydrogen) atoms. The molecule has 1 aliphatic heterocycles. The number of anilines is 2. The van der Waals surface area contributed by atoms with Crippen LogP contribution in [0, 0.1) is 5.92 Å². The van der Waals surface area contributed by atoms with E-state index in [1.807, 2.05) is 96.0 Å². The highest BCUT2D eigenvalue weighted by Crippen LogP contribution is 2.21. The molecule has 3 amide bonds. The van der Waals surface area contributed by atoms with Gasteiger partial charge >= 0.3 is 6.03 Å². The highest BCUT2D eigenvalue weighted by atomic mass is 16.2. The summed E-state index contributed by atoms with van der Waals surface area (Å²) in [5.41, 5.74) is 5.94. The number of nitrogens with zero attached hydrogens (tertiary/aromatic N) is 2. The van der Waals surface area contributed by atoms with E-state index in [0.29, 0.717) is 32.5 Å². The molecule has 0 saturated carbocycles. The number of nitrogens with one attached hydrogen (secondary N) is 2. The monoisotopic (exact) mass is 428 g/mol. The van der Waals surface area contributed by atoms with Crippen LogP contribution in [-0.2, 0) is 11.3 Å². The standard InChI is InChI=1S/C26H28N4O2/c31-25(22-16-18-29(19-17-22)26(32)27-23-12-6-2-7-13-23)28-30(24-14-8-3-9-15-24)20-21-10-4-1-5-11-21/h1-15,22H,16-20H2,(H,27,32)(H,28,31). The Labute approximate surface area is 188 Å². The number of carbonyl (C=O) groups excluding carboxylic acids is 2. The van der Waals surface area contributed by atoms with Gasteiger partial charge in [-0.05, 0) is 42.7 Å². The van der Waals surface area contributed by atoms with Crippen LogP contribution in [0.15, 0.2) is 91.0 Å². The van der Waals surface area contributed by atoms with Crippen molar-refractivity contribution in [1.82, 2.24) is 10.3 Å². The fraction of sp³-hybridized carbons (Fsp3) is 0.231. The average Bonchev–Trinajstić information content (AvgIpc) is 2.85. The van der Waals surface area contributed by atoms with Crippen LogP contribution in [0.5, 0.6) is 0 Å². The van der Waals surface area contributed by atoms with Crippen molar-refractivity contribution in [1.29, 1.82) is 0 Å². The zero-order chi connectivity index (χ0) is 22.2. The minimum absolute atomic E-state index is 0.00657. The van der Waals surface area contributed by atoms with Gasteiger partial charge in [-0.15, -0.1) is 0 Å². The molecule has 0 aliphatic carbocycles. The number of likely N-dealkylation sites (tertiary alicyclic amines) is 1. The van der Waals surface area contributed by atoms with Crippen LogP contribution in [0.3, 0.4) is 0 Å². The molecular weight excluding hydrogens is 400 g/mol. The Hall–Kier alpha value is -3.80. The van der Waals surface area contributed by atoms with Gasteiger partial charge in [-0.25, -0.2) is 4.79 Å². The summed E-state index contributed by atoms with van der Waals surface area (Å²) in [5.74, 6) is -0.134. The zero-order valence-corrected chi connectivity index (χ0v) is 18.0. The van der Waals surface area contributed by atoms with Crippen LogP contribution in [0.1, 0.15) is 18.4 Å². The molecule has 6 heteroatoms. The maximum atomic E-state index is 13.1. The lowest BCUT2D eigenvalue weighted by Gasteiger charge is -2.33. The van der Waals surface area contributed by atoms with Gasteiger partial charge in [0, 0.05) is 24.7 Å². The Morgan fingerprint density at radius 1 is 0.812 bits per heavy atom. The number of hydrogen-bond acceptors (Lipinski definition) is 3. The molecule has 3 aromatic carbocycles. The molecule has 1 aliphatic rings. The summed E-state index contributed by atoms with van der Waals surface area (Å²) in [6, 6.07) is 29.2. The Morgan fingerprint density at radius 3 is 2.00 bits per heavy atom. The largest absolute Gasteiger partial charge is 0.324 e. The third-order valence-corrected chi connectivity index (χ3v) is 5.67. The normalized spacial score (nSPS) is 13.9. The van der Waals surface area contributed by atoms with Crippen LogP contribution in [-0.4, -0.2) is 29.9 Å². The molecule has 1 heterocycles. The molecule has 0 spiro atoms. The molecule has 0 aromatic heterocycles. The van der Waals surface area contributed by atoms with Crippen molar-refractivity contribution >= 4 is 23.3 Å². The summed E-state index contributed by atoms with van der Waals surface area (Å²) in [7, 11) is 0. The van der Waals surface area contributed by atoms with Crippen LogP contribution in [0.4, 0.5) is 16.2 Å². The summed E-state index contributed by atoms with van der Waals surface area (Å²) in [5, 5.41) is 4.81. The first kappa shape index (κ1) is 21.4. The molecule has 0 bridgehead atoms. The van der Waals surface area contributed by atoms with Gasteiger partial charge in [0.25, 0.3) is 0 Å². The van der Waals surface area contributed by atoms with E-state index in [0.717, 1.165) is 16.9 Å². The number of hydrazine groups is 1. The van der Waals surface area contributed by atoms with Gasteiger partial charge in [0.05, 0.1) is 12.2 Å². The second kappa shape index (κ2) is 10.5. The van der Waals surface area contributed by atoms with E-state index in [1.54, 1.807) is 4.90 Å². The molecule has 2 N–H and O–H groups in total. The predicted octanol–water partition coefficient (Wildman–Crippen LogP) is 4.67. The quantitative estimate of drug-likeness (QED) is 0.561. The second-order valence-corrected chi connectivity index (χ2v) is 7.94. The van der Waals surface area contributed by atoms with E-state index in [9.17, 15) is 9.59 Å². The Bertz CT molecular complexity index is 1000. The van der Waals surface area contributed by atoms with E-state index in [-0.39, 0.29) is 17.9 Å². The maximum Gasteiger partial charge on any atom is 0.321 e. The third-order valence-electron chi connectivity index (χ3n) is 5.67. The number of piperidine rings is 1. The van der Waals surface area contributed by atoms with Gasteiger partial charge in [0.15, 0.2) is 0 Å². The summed E-state index contributed by atoms with van der Waals surface area (Å²) in [6.45, 7) is 1.69. The van der Waals surface area contributed by atoms with Gasteiger partial charge in [-0.2, -0.15) is 0 Å². The van der Waals surface area contributed by atoms with E-state index in [2.05, 4.69) is 10.7 Å². The molecule has 6 nitrogen and oxygen atoms in total. The van der Waals surface area contributed by atoms with Crippen molar-refractivity contribution in [3.8, 4) is 0 Å². The maximum absolute atomic E-state index is 13.1. The van der Waals surface area contributed by atoms with E-state index >= 15 is 0 Å².